The minimum atomic E-state index is 0.582. The first-order chi connectivity index (χ1) is 9.70. The number of aromatic nitrogens is 4. The van der Waals surface area contributed by atoms with Crippen molar-refractivity contribution in [3.63, 3.8) is 0 Å². The van der Waals surface area contributed by atoms with Crippen LogP contribution in [0.2, 0.25) is 0 Å². The number of aryl methyl sites for hydroxylation is 1. The van der Waals surface area contributed by atoms with Crippen LogP contribution in [-0.4, -0.2) is 32.1 Å². The molecule has 0 spiro atoms. The molecule has 0 saturated heterocycles. The lowest BCUT2D eigenvalue weighted by Gasteiger charge is -2.13. The Kier molecular flexibility index (Phi) is 3.39. The lowest BCUT2D eigenvalue weighted by Crippen LogP contribution is -2.18. The Morgan fingerprint density at radius 3 is 2.65 bits per heavy atom. The molecule has 102 valence electrons. The van der Waals surface area contributed by atoms with Gasteiger partial charge in [0.1, 0.15) is 0 Å². The van der Waals surface area contributed by atoms with E-state index in [1.165, 1.54) is 0 Å². The second kappa shape index (κ2) is 5.34. The van der Waals surface area contributed by atoms with Crippen LogP contribution in [0.15, 0.2) is 34.9 Å². The van der Waals surface area contributed by atoms with E-state index in [9.17, 15) is 0 Å². The lowest BCUT2D eigenvalue weighted by atomic mass is 10.3. The van der Waals surface area contributed by atoms with Gasteiger partial charge in [0.05, 0.1) is 29.5 Å². The van der Waals surface area contributed by atoms with Crippen LogP contribution in [0.1, 0.15) is 17.5 Å². The maximum absolute atomic E-state index is 5.36. The standard InChI is InChI=1S/C14H15N5O/c1-10-17-18-14(20-10)9-19(2)8-11-7-15-12-5-3-4-6-13(12)16-11/h3-7H,8-9H2,1-2H3. The molecular formula is C14H15N5O. The zero-order valence-corrected chi connectivity index (χ0v) is 11.4. The van der Waals surface area contributed by atoms with Crippen molar-refractivity contribution < 1.29 is 4.42 Å². The van der Waals surface area contributed by atoms with Crippen molar-refractivity contribution in [1.82, 2.24) is 25.1 Å². The average Bonchev–Trinajstić information content (AvgIpc) is 2.83. The zero-order chi connectivity index (χ0) is 13.9. The normalized spacial score (nSPS) is 11.3. The molecule has 0 aliphatic carbocycles. The molecular weight excluding hydrogens is 254 g/mol. The molecule has 6 nitrogen and oxygen atoms in total. The van der Waals surface area contributed by atoms with E-state index < -0.39 is 0 Å². The van der Waals surface area contributed by atoms with Crippen molar-refractivity contribution >= 4 is 11.0 Å². The molecule has 6 heteroatoms. The van der Waals surface area contributed by atoms with Gasteiger partial charge >= 0.3 is 0 Å². The van der Waals surface area contributed by atoms with Gasteiger partial charge < -0.3 is 4.42 Å². The molecule has 20 heavy (non-hydrogen) atoms. The van der Waals surface area contributed by atoms with Gasteiger partial charge in [-0.3, -0.25) is 9.88 Å². The van der Waals surface area contributed by atoms with E-state index >= 15 is 0 Å². The van der Waals surface area contributed by atoms with Crippen LogP contribution in [0.25, 0.3) is 11.0 Å². The van der Waals surface area contributed by atoms with Crippen molar-refractivity contribution in [2.75, 3.05) is 7.05 Å². The van der Waals surface area contributed by atoms with Gasteiger partial charge in [0, 0.05) is 13.5 Å². The minimum absolute atomic E-state index is 0.582. The predicted molar refractivity (Wildman–Crippen MR) is 73.7 cm³/mol. The Bertz CT molecular complexity index is 724. The smallest absolute Gasteiger partial charge is 0.230 e. The van der Waals surface area contributed by atoms with Gasteiger partial charge in [-0.2, -0.15) is 0 Å². The van der Waals surface area contributed by atoms with Gasteiger partial charge in [-0.25, -0.2) is 4.98 Å². The Hall–Kier alpha value is -2.34. The van der Waals surface area contributed by atoms with Crippen LogP contribution in [0.3, 0.4) is 0 Å². The number of hydrogen-bond acceptors (Lipinski definition) is 6. The van der Waals surface area contributed by atoms with E-state index in [2.05, 4.69) is 25.1 Å². The number of fused-ring (bicyclic) bond motifs is 1. The summed E-state index contributed by atoms with van der Waals surface area (Å²) >= 11 is 0. The van der Waals surface area contributed by atoms with Crippen molar-refractivity contribution in [3.8, 4) is 0 Å². The van der Waals surface area contributed by atoms with Crippen LogP contribution in [-0.2, 0) is 13.1 Å². The van der Waals surface area contributed by atoms with Crippen LogP contribution in [0.5, 0.6) is 0 Å². The Morgan fingerprint density at radius 1 is 1.10 bits per heavy atom. The highest BCUT2D eigenvalue weighted by Gasteiger charge is 2.08. The summed E-state index contributed by atoms with van der Waals surface area (Å²) in [6.07, 6.45) is 1.80. The average molecular weight is 269 g/mol. The number of rotatable bonds is 4. The summed E-state index contributed by atoms with van der Waals surface area (Å²) in [6.45, 7) is 3.06. The summed E-state index contributed by atoms with van der Waals surface area (Å²) in [5.74, 6) is 1.19. The van der Waals surface area contributed by atoms with Gasteiger partial charge in [0.15, 0.2) is 0 Å². The van der Waals surface area contributed by atoms with Crippen LogP contribution in [0, 0.1) is 6.92 Å². The van der Waals surface area contributed by atoms with Crippen LogP contribution >= 0.6 is 0 Å². The molecule has 2 heterocycles. The molecule has 1 aromatic carbocycles. The molecule has 0 bridgehead atoms. The SMILES string of the molecule is Cc1nnc(CN(C)Cc2cnc3ccccc3n2)o1. The Balaban J connectivity index is 1.72. The van der Waals surface area contributed by atoms with Gasteiger partial charge in [-0.05, 0) is 19.2 Å². The largest absolute Gasteiger partial charge is 0.424 e. The summed E-state index contributed by atoms with van der Waals surface area (Å²) in [4.78, 5) is 11.1. The molecule has 0 aliphatic heterocycles. The summed E-state index contributed by atoms with van der Waals surface area (Å²) < 4.78 is 5.36. The summed E-state index contributed by atoms with van der Waals surface area (Å²) in [5, 5.41) is 7.80. The number of nitrogens with zero attached hydrogens (tertiary/aromatic N) is 5. The summed E-state index contributed by atoms with van der Waals surface area (Å²) in [7, 11) is 1.98. The first kappa shape index (κ1) is 12.7. The summed E-state index contributed by atoms with van der Waals surface area (Å²) in [6, 6.07) is 7.84. The third-order valence-corrected chi connectivity index (χ3v) is 2.90. The fourth-order valence-electron chi connectivity index (χ4n) is 2.04. The molecule has 0 amide bonds. The van der Waals surface area contributed by atoms with E-state index in [-0.39, 0.29) is 0 Å². The van der Waals surface area contributed by atoms with E-state index in [4.69, 9.17) is 4.42 Å². The Labute approximate surface area is 116 Å². The van der Waals surface area contributed by atoms with Crippen molar-refractivity contribution in [1.29, 1.82) is 0 Å². The predicted octanol–water partition coefficient (Wildman–Crippen LogP) is 1.95. The minimum Gasteiger partial charge on any atom is -0.424 e. The second-order valence-corrected chi connectivity index (χ2v) is 4.74. The van der Waals surface area contributed by atoms with Gasteiger partial charge in [-0.15, -0.1) is 10.2 Å². The fourth-order valence-corrected chi connectivity index (χ4v) is 2.04. The first-order valence-corrected chi connectivity index (χ1v) is 6.39. The lowest BCUT2D eigenvalue weighted by molar-refractivity contribution is 0.276. The third kappa shape index (κ3) is 2.80. The first-order valence-electron chi connectivity index (χ1n) is 6.39. The molecule has 0 fully saturated rings. The molecule has 0 radical (unpaired) electrons. The Morgan fingerprint density at radius 2 is 1.90 bits per heavy atom. The van der Waals surface area contributed by atoms with Gasteiger partial charge in [0.2, 0.25) is 11.8 Å². The van der Waals surface area contributed by atoms with Crippen LogP contribution in [0.4, 0.5) is 0 Å². The topological polar surface area (TPSA) is 67.9 Å². The molecule has 0 N–H and O–H groups in total. The van der Waals surface area contributed by atoms with Crippen molar-refractivity contribution in [2.45, 2.75) is 20.0 Å². The number of hydrogen-bond donors (Lipinski definition) is 0. The number of para-hydroxylation sites is 2. The van der Waals surface area contributed by atoms with E-state index in [0.717, 1.165) is 16.7 Å². The van der Waals surface area contributed by atoms with Crippen molar-refractivity contribution in [2.24, 2.45) is 0 Å². The second-order valence-electron chi connectivity index (χ2n) is 4.74. The quantitative estimate of drug-likeness (QED) is 0.721. The molecule has 0 aliphatic rings. The van der Waals surface area contributed by atoms with E-state index in [1.54, 1.807) is 13.1 Å². The molecule has 2 aromatic heterocycles. The van der Waals surface area contributed by atoms with E-state index in [1.807, 2.05) is 31.3 Å². The van der Waals surface area contributed by atoms with Crippen LogP contribution < -0.4 is 0 Å². The summed E-state index contributed by atoms with van der Waals surface area (Å²) in [5.41, 5.74) is 2.74. The third-order valence-electron chi connectivity index (χ3n) is 2.90. The molecule has 3 rings (SSSR count). The molecule has 3 aromatic rings. The maximum atomic E-state index is 5.36. The molecule has 0 atom stereocenters. The zero-order valence-electron chi connectivity index (χ0n) is 11.4. The van der Waals surface area contributed by atoms with Gasteiger partial charge in [-0.1, -0.05) is 12.1 Å². The number of benzene rings is 1. The van der Waals surface area contributed by atoms with E-state index in [0.29, 0.717) is 24.9 Å². The highest BCUT2D eigenvalue weighted by molar-refractivity contribution is 5.73. The monoisotopic (exact) mass is 269 g/mol. The van der Waals surface area contributed by atoms with Gasteiger partial charge in [0.25, 0.3) is 0 Å². The van der Waals surface area contributed by atoms with Crippen molar-refractivity contribution in [3.05, 3.63) is 47.9 Å². The highest BCUT2D eigenvalue weighted by atomic mass is 16.4. The maximum Gasteiger partial charge on any atom is 0.230 e. The molecule has 0 saturated carbocycles. The molecule has 0 unspecified atom stereocenters. The highest BCUT2D eigenvalue weighted by Crippen LogP contribution is 2.10. The fraction of sp³-hybridized carbons (Fsp3) is 0.286.